The van der Waals surface area contributed by atoms with Crippen LogP contribution >= 0.6 is 11.3 Å². The van der Waals surface area contributed by atoms with E-state index in [0.717, 1.165) is 10.4 Å². The lowest BCUT2D eigenvalue weighted by Gasteiger charge is -2.16. The van der Waals surface area contributed by atoms with Gasteiger partial charge in [-0.2, -0.15) is 0 Å². The zero-order chi connectivity index (χ0) is 14.0. The molecule has 1 aromatic carbocycles. The Balaban J connectivity index is 2.09. The number of rotatable bonds is 3. The molecule has 19 heavy (non-hydrogen) atoms. The number of hydrogen-bond donors (Lipinski definition) is 1. The van der Waals surface area contributed by atoms with Gasteiger partial charge in [-0.3, -0.25) is 4.79 Å². The molecule has 2 aromatic rings. The van der Waals surface area contributed by atoms with Gasteiger partial charge in [-0.1, -0.05) is 29.8 Å². The number of thiophene rings is 1. The monoisotopic (exact) mass is 274 g/mol. The third-order valence-electron chi connectivity index (χ3n) is 3.05. The first-order valence-electron chi connectivity index (χ1n) is 6.14. The van der Waals surface area contributed by atoms with E-state index in [-0.39, 0.29) is 5.91 Å². The number of carbonyl (C=O) groups excluding carboxylic acids is 1. The molecule has 0 spiro atoms. The average molecular weight is 274 g/mol. The molecule has 0 unspecified atom stereocenters. The van der Waals surface area contributed by atoms with Crippen molar-refractivity contribution in [2.24, 2.45) is 0 Å². The first-order valence-corrected chi connectivity index (χ1v) is 6.96. The summed E-state index contributed by atoms with van der Waals surface area (Å²) < 4.78 is 0. The van der Waals surface area contributed by atoms with Gasteiger partial charge in [0.1, 0.15) is 0 Å². The molecule has 0 bridgehead atoms. The van der Waals surface area contributed by atoms with Crippen LogP contribution in [0.15, 0.2) is 30.3 Å². The third-order valence-corrected chi connectivity index (χ3v) is 4.11. The summed E-state index contributed by atoms with van der Waals surface area (Å²) in [5.41, 5.74) is 8.83. The molecule has 0 fully saturated rings. The van der Waals surface area contributed by atoms with Crippen LogP contribution in [0.5, 0.6) is 0 Å². The van der Waals surface area contributed by atoms with Gasteiger partial charge in [-0.15, -0.1) is 11.3 Å². The van der Waals surface area contributed by atoms with Crippen molar-refractivity contribution < 1.29 is 4.79 Å². The highest BCUT2D eigenvalue weighted by atomic mass is 32.1. The largest absolute Gasteiger partial charge is 0.398 e. The highest BCUT2D eigenvalue weighted by Gasteiger charge is 2.15. The maximum absolute atomic E-state index is 12.3. The minimum Gasteiger partial charge on any atom is -0.398 e. The maximum Gasteiger partial charge on any atom is 0.264 e. The summed E-state index contributed by atoms with van der Waals surface area (Å²) in [6, 6.07) is 9.97. The highest BCUT2D eigenvalue weighted by molar-refractivity contribution is 7.14. The molecule has 2 N–H and O–H groups in total. The Bertz CT molecular complexity index is 567. The minimum absolute atomic E-state index is 0.0189. The van der Waals surface area contributed by atoms with Crippen LogP contribution in [0.4, 0.5) is 5.69 Å². The van der Waals surface area contributed by atoms with Crippen molar-refractivity contribution in [3.05, 3.63) is 51.2 Å². The summed E-state index contributed by atoms with van der Waals surface area (Å²) in [6.07, 6.45) is 0. The molecule has 0 aliphatic rings. The van der Waals surface area contributed by atoms with Crippen molar-refractivity contribution in [1.82, 2.24) is 4.90 Å². The highest BCUT2D eigenvalue weighted by Crippen LogP contribution is 2.24. The minimum atomic E-state index is 0.0189. The van der Waals surface area contributed by atoms with Gasteiger partial charge in [0.05, 0.1) is 4.88 Å². The zero-order valence-corrected chi connectivity index (χ0v) is 12.3. The van der Waals surface area contributed by atoms with Crippen LogP contribution in [-0.4, -0.2) is 17.9 Å². The Labute approximate surface area is 117 Å². The van der Waals surface area contributed by atoms with Crippen molar-refractivity contribution in [1.29, 1.82) is 0 Å². The molecule has 2 rings (SSSR count). The number of anilines is 1. The standard InChI is InChI=1S/C15H18N2OS/c1-10-4-6-12(7-5-10)9-17(3)15(18)14-8-13(16)11(2)19-14/h4-8H,9,16H2,1-3H3. The van der Waals surface area contributed by atoms with E-state index in [2.05, 4.69) is 19.1 Å². The van der Waals surface area contributed by atoms with Crippen LogP contribution in [0.3, 0.4) is 0 Å². The van der Waals surface area contributed by atoms with E-state index in [0.29, 0.717) is 17.1 Å². The number of benzene rings is 1. The number of carbonyl (C=O) groups is 1. The molecule has 0 aliphatic heterocycles. The molecule has 0 radical (unpaired) electrons. The second-order valence-corrected chi connectivity index (χ2v) is 6.03. The SMILES string of the molecule is Cc1ccc(CN(C)C(=O)c2cc(N)c(C)s2)cc1. The Morgan fingerprint density at radius 3 is 2.42 bits per heavy atom. The van der Waals surface area contributed by atoms with Crippen molar-refractivity contribution >= 4 is 22.9 Å². The predicted molar refractivity (Wildman–Crippen MR) is 80.4 cm³/mol. The number of nitrogens with two attached hydrogens (primary N) is 1. The van der Waals surface area contributed by atoms with Crippen molar-refractivity contribution in [2.45, 2.75) is 20.4 Å². The second kappa shape index (κ2) is 5.45. The number of aryl methyl sites for hydroxylation is 2. The fraction of sp³-hybridized carbons (Fsp3) is 0.267. The van der Waals surface area contributed by atoms with Crippen LogP contribution in [0.2, 0.25) is 0 Å². The first kappa shape index (κ1) is 13.6. The topological polar surface area (TPSA) is 46.3 Å². The fourth-order valence-electron chi connectivity index (χ4n) is 1.83. The number of amides is 1. The van der Waals surface area contributed by atoms with E-state index in [1.165, 1.54) is 16.9 Å². The summed E-state index contributed by atoms with van der Waals surface area (Å²) in [5.74, 6) is 0.0189. The van der Waals surface area contributed by atoms with Gasteiger partial charge in [0.25, 0.3) is 5.91 Å². The van der Waals surface area contributed by atoms with Crippen molar-refractivity contribution in [3.8, 4) is 0 Å². The fourth-order valence-corrected chi connectivity index (χ4v) is 2.76. The summed E-state index contributed by atoms with van der Waals surface area (Å²) in [4.78, 5) is 15.7. The Hall–Kier alpha value is -1.81. The number of nitrogens with zero attached hydrogens (tertiary/aromatic N) is 1. The van der Waals surface area contributed by atoms with Crippen LogP contribution in [0.25, 0.3) is 0 Å². The van der Waals surface area contributed by atoms with E-state index < -0.39 is 0 Å². The van der Waals surface area contributed by atoms with Crippen molar-refractivity contribution in [3.63, 3.8) is 0 Å². The smallest absolute Gasteiger partial charge is 0.264 e. The van der Waals surface area contributed by atoms with Gasteiger partial charge in [0.2, 0.25) is 0 Å². The number of nitrogen functional groups attached to an aromatic ring is 1. The molecule has 0 saturated carbocycles. The van der Waals surface area contributed by atoms with Crippen LogP contribution in [0.1, 0.15) is 25.7 Å². The van der Waals surface area contributed by atoms with E-state index >= 15 is 0 Å². The van der Waals surface area contributed by atoms with Gasteiger partial charge in [0, 0.05) is 24.2 Å². The molecular weight excluding hydrogens is 256 g/mol. The Kier molecular flexibility index (Phi) is 3.90. The van der Waals surface area contributed by atoms with Gasteiger partial charge in [-0.05, 0) is 25.5 Å². The van der Waals surface area contributed by atoms with Gasteiger partial charge in [-0.25, -0.2) is 0 Å². The summed E-state index contributed by atoms with van der Waals surface area (Å²) in [5, 5.41) is 0. The first-order chi connectivity index (χ1) is 8.97. The lowest BCUT2D eigenvalue weighted by molar-refractivity contribution is 0.0790. The quantitative estimate of drug-likeness (QED) is 0.934. The molecule has 0 saturated heterocycles. The molecule has 3 nitrogen and oxygen atoms in total. The summed E-state index contributed by atoms with van der Waals surface area (Å²) in [7, 11) is 1.81. The Morgan fingerprint density at radius 2 is 1.89 bits per heavy atom. The third kappa shape index (κ3) is 3.15. The molecule has 100 valence electrons. The van der Waals surface area contributed by atoms with Gasteiger partial charge < -0.3 is 10.6 Å². The maximum atomic E-state index is 12.3. The van der Waals surface area contributed by atoms with Crippen LogP contribution in [0, 0.1) is 13.8 Å². The lowest BCUT2D eigenvalue weighted by atomic mass is 10.1. The van der Waals surface area contributed by atoms with Crippen LogP contribution < -0.4 is 5.73 Å². The van der Waals surface area contributed by atoms with Crippen molar-refractivity contribution in [2.75, 3.05) is 12.8 Å². The number of hydrogen-bond acceptors (Lipinski definition) is 3. The summed E-state index contributed by atoms with van der Waals surface area (Å²) in [6.45, 7) is 4.59. The van der Waals surface area contributed by atoms with E-state index in [9.17, 15) is 4.79 Å². The predicted octanol–water partition coefficient (Wildman–Crippen LogP) is 3.22. The van der Waals surface area contributed by atoms with Gasteiger partial charge in [0.15, 0.2) is 0 Å². The Morgan fingerprint density at radius 1 is 1.26 bits per heavy atom. The van der Waals surface area contributed by atoms with E-state index in [1.807, 2.05) is 26.1 Å². The van der Waals surface area contributed by atoms with E-state index in [4.69, 9.17) is 5.73 Å². The molecule has 1 amide bonds. The normalized spacial score (nSPS) is 10.5. The zero-order valence-electron chi connectivity index (χ0n) is 11.4. The second-order valence-electron chi connectivity index (χ2n) is 4.77. The molecule has 0 aliphatic carbocycles. The molecular formula is C15H18N2OS. The van der Waals surface area contributed by atoms with E-state index in [1.54, 1.807) is 11.0 Å². The molecule has 1 heterocycles. The molecule has 4 heteroatoms. The average Bonchev–Trinajstić information content (AvgIpc) is 2.71. The molecule has 1 aromatic heterocycles. The van der Waals surface area contributed by atoms with Crippen LogP contribution in [-0.2, 0) is 6.54 Å². The summed E-state index contributed by atoms with van der Waals surface area (Å²) >= 11 is 1.45. The molecule has 0 atom stereocenters. The van der Waals surface area contributed by atoms with Gasteiger partial charge >= 0.3 is 0 Å². The lowest BCUT2D eigenvalue weighted by Crippen LogP contribution is -2.25.